The molecule has 1 radical (unpaired) electrons. The molecule has 3 heterocycles. The number of hydrogen-bond donors (Lipinski definition) is 1. The molecule has 0 aliphatic carbocycles. The van der Waals surface area contributed by atoms with Crippen LogP contribution in [0.15, 0.2) is 24.4 Å². The third kappa shape index (κ3) is 3.14. The molecule has 1 aliphatic heterocycles. The summed E-state index contributed by atoms with van der Waals surface area (Å²) in [5.74, 6) is 0.538. The number of nitrogens with zero attached hydrogens (tertiary/aromatic N) is 3. The summed E-state index contributed by atoms with van der Waals surface area (Å²) < 4.78 is 5.17. The number of hydrogen-bond acceptors (Lipinski definition) is 5. The van der Waals surface area contributed by atoms with E-state index in [0.29, 0.717) is 17.9 Å². The minimum atomic E-state index is -0.562. The van der Waals surface area contributed by atoms with Crippen LogP contribution in [0.2, 0.25) is 0 Å². The second-order valence-corrected chi connectivity index (χ2v) is 5.30. The summed E-state index contributed by atoms with van der Waals surface area (Å²) in [5, 5.41) is 10.6. The van der Waals surface area contributed by atoms with Gasteiger partial charge in [-0.1, -0.05) is 0 Å². The Balaban J connectivity index is 1.87. The molecule has 1 atom stereocenters. The zero-order chi connectivity index (χ0) is 14.7. The molecule has 21 heavy (non-hydrogen) atoms. The summed E-state index contributed by atoms with van der Waals surface area (Å²) in [6.07, 6.45) is 5.65. The van der Waals surface area contributed by atoms with Gasteiger partial charge in [-0.3, -0.25) is 4.98 Å². The highest BCUT2D eigenvalue weighted by molar-refractivity contribution is 5.78. The molecule has 3 rings (SSSR count). The molecule has 0 amide bonds. The molecule has 5 nitrogen and oxygen atoms in total. The van der Waals surface area contributed by atoms with Crippen LogP contribution >= 0.6 is 0 Å². The van der Waals surface area contributed by atoms with Gasteiger partial charge in [0.25, 0.3) is 0 Å². The molecule has 1 aliphatic rings. The summed E-state index contributed by atoms with van der Waals surface area (Å²) >= 11 is 0. The van der Waals surface area contributed by atoms with Crippen LogP contribution in [0.25, 0.3) is 11.0 Å². The van der Waals surface area contributed by atoms with Gasteiger partial charge in [0.2, 0.25) is 5.88 Å². The lowest BCUT2D eigenvalue weighted by Gasteiger charge is -2.28. The van der Waals surface area contributed by atoms with E-state index >= 15 is 0 Å². The summed E-state index contributed by atoms with van der Waals surface area (Å²) in [7, 11) is 1.59. The van der Waals surface area contributed by atoms with Crippen molar-refractivity contribution >= 4 is 11.0 Å². The predicted molar refractivity (Wildman–Crippen MR) is 81.0 cm³/mol. The number of piperidine rings is 1. The zero-order valence-electron chi connectivity index (χ0n) is 12.2. The topological polar surface area (TPSA) is 58.5 Å². The number of aromatic nitrogens is 2. The van der Waals surface area contributed by atoms with Crippen LogP contribution < -0.4 is 4.74 Å². The summed E-state index contributed by atoms with van der Waals surface area (Å²) in [5.41, 5.74) is 2.31. The molecule has 5 heteroatoms. The maximum Gasteiger partial charge on any atom is 0.213 e. The molecule has 2 aromatic heterocycles. The van der Waals surface area contributed by atoms with Gasteiger partial charge >= 0.3 is 0 Å². The van der Waals surface area contributed by atoms with Crippen molar-refractivity contribution in [3.63, 3.8) is 0 Å². The largest absolute Gasteiger partial charge is 0.481 e. The first kappa shape index (κ1) is 14.2. The number of rotatable bonds is 4. The highest BCUT2D eigenvalue weighted by atomic mass is 16.5. The van der Waals surface area contributed by atoms with Gasteiger partial charge in [-0.15, -0.1) is 0 Å². The lowest BCUT2D eigenvalue weighted by molar-refractivity contribution is 0.109. The summed E-state index contributed by atoms with van der Waals surface area (Å²) in [6.45, 7) is 2.65. The molecule has 1 fully saturated rings. The highest BCUT2D eigenvalue weighted by Gasteiger charge is 2.18. The van der Waals surface area contributed by atoms with Crippen LogP contribution in [-0.2, 0) is 0 Å². The van der Waals surface area contributed by atoms with Crippen LogP contribution in [0.5, 0.6) is 5.88 Å². The molecule has 111 valence electrons. The molecular weight excluding hydrogens is 266 g/mol. The maximum absolute atomic E-state index is 10.6. The predicted octanol–water partition coefficient (Wildman–Crippen LogP) is 1.97. The van der Waals surface area contributed by atoms with Gasteiger partial charge in [0.15, 0.2) is 0 Å². The number of likely N-dealkylation sites (tertiary alicyclic amines) is 1. The van der Waals surface area contributed by atoms with E-state index in [1.54, 1.807) is 19.4 Å². The maximum atomic E-state index is 10.6. The number of methoxy groups -OCH3 is 1. The molecule has 0 bridgehead atoms. The molecule has 0 spiro atoms. The van der Waals surface area contributed by atoms with Crippen molar-refractivity contribution in [2.45, 2.75) is 18.9 Å². The average molecular weight is 286 g/mol. The van der Waals surface area contributed by atoms with Gasteiger partial charge < -0.3 is 14.7 Å². The Hall–Kier alpha value is -1.72. The van der Waals surface area contributed by atoms with Crippen LogP contribution in [0, 0.1) is 6.42 Å². The van der Waals surface area contributed by atoms with Crippen LogP contribution in [0.1, 0.15) is 24.5 Å². The summed E-state index contributed by atoms with van der Waals surface area (Å²) in [6, 6.07) is 5.49. The zero-order valence-corrected chi connectivity index (χ0v) is 12.2. The van der Waals surface area contributed by atoms with E-state index in [1.807, 2.05) is 12.1 Å². The molecule has 1 saturated heterocycles. The van der Waals surface area contributed by atoms with Crippen molar-refractivity contribution in [3.05, 3.63) is 36.4 Å². The number of pyridine rings is 2. The number of aliphatic hydroxyl groups is 1. The number of β-amino-alcohol motifs (C(OH)–C–C–N with tert-alkyl or cyclic N) is 1. The number of aliphatic hydroxyl groups excluding tert-OH is 1. The van der Waals surface area contributed by atoms with Crippen LogP contribution in [0.4, 0.5) is 0 Å². The fourth-order valence-corrected chi connectivity index (χ4v) is 2.74. The van der Waals surface area contributed by atoms with Gasteiger partial charge in [-0.25, -0.2) is 4.98 Å². The van der Waals surface area contributed by atoms with E-state index in [0.717, 1.165) is 37.0 Å². The second kappa shape index (κ2) is 6.37. The van der Waals surface area contributed by atoms with E-state index in [9.17, 15) is 5.11 Å². The first-order chi connectivity index (χ1) is 10.3. The molecule has 0 unspecified atom stereocenters. The minimum absolute atomic E-state index is 0.538. The normalized spacial score (nSPS) is 17.8. The Morgan fingerprint density at radius 1 is 1.29 bits per heavy atom. The van der Waals surface area contributed by atoms with Gasteiger partial charge in [0.05, 0.1) is 24.2 Å². The van der Waals surface area contributed by atoms with E-state index in [4.69, 9.17) is 4.74 Å². The minimum Gasteiger partial charge on any atom is -0.481 e. The van der Waals surface area contributed by atoms with Crippen molar-refractivity contribution in [1.29, 1.82) is 0 Å². The Morgan fingerprint density at radius 3 is 2.86 bits per heavy atom. The number of ether oxygens (including phenoxy) is 1. The highest BCUT2D eigenvalue weighted by Crippen LogP contribution is 2.24. The van der Waals surface area contributed by atoms with Crippen molar-refractivity contribution in [3.8, 4) is 5.88 Å². The molecule has 0 aromatic carbocycles. The fraction of sp³-hybridized carbons (Fsp3) is 0.438. The Labute approximate surface area is 124 Å². The smallest absolute Gasteiger partial charge is 0.213 e. The van der Waals surface area contributed by atoms with Crippen molar-refractivity contribution < 1.29 is 9.84 Å². The van der Waals surface area contributed by atoms with E-state index < -0.39 is 6.10 Å². The fourth-order valence-electron chi connectivity index (χ4n) is 2.74. The lowest BCUT2D eigenvalue weighted by atomic mass is 10.1. The standard InChI is InChI=1S/C16H20N3O2/c1-21-15-6-5-13-16(18-15)12(7-8-17-13)14(20)11-19-9-3-2-4-10-19/h2,5-8,14,20H,3-4,9-11H2,1H3/t14-/m1/s1. The lowest BCUT2D eigenvalue weighted by Crippen LogP contribution is -2.33. The molecule has 1 N–H and O–H groups in total. The first-order valence-electron chi connectivity index (χ1n) is 7.29. The SMILES string of the molecule is COc1ccc2nccc([C@H](O)CN3CC[CH]CC3)c2n1. The van der Waals surface area contributed by atoms with E-state index in [-0.39, 0.29) is 0 Å². The Bertz CT molecular complexity index is 611. The molecule has 2 aromatic rings. The van der Waals surface area contributed by atoms with Crippen LogP contribution in [-0.4, -0.2) is 46.7 Å². The van der Waals surface area contributed by atoms with Gasteiger partial charge in [0, 0.05) is 24.4 Å². The van der Waals surface area contributed by atoms with Crippen LogP contribution in [0.3, 0.4) is 0 Å². The van der Waals surface area contributed by atoms with E-state index in [1.165, 1.54) is 0 Å². The molecular formula is C16H20N3O2. The van der Waals surface area contributed by atoms with Gasteiger partial charge in [-0.2, -0.15) is 0 Å². The van der Waals surface area contributed by atoms with Crippen molar-refractivity contribution in [1.82, 2.24) is 14.9 Å². The Kier molecular flexibility index (Phi) is 4.31. The Morgan fingerprint density at radius 2 is 2.10 bits per heavy atom. The van der Waals surface area contributed by atoms with Crippen molar-refractivity contribution in [2.24, 2.45) is 0 Å². The average Bonchev–Trinajstić information content (AvgIpc) is 2.54. The van der Waals surface area contributed by atoms with E-state index in [2.05, 4.69) is 21.3 Å². The van der Waals surface area contributed by atoms with Gasteiger partial charge in [0.1, 0.15) is 0 Å². The second-order valence-electron chi connectivity index (χ2n) is 5.30. The summed E-state index contributed by atoms with van der Waals surface area (Å²) in [4.78, 5) is 11.0. The quantitative estimate of drug-likeness (QED) is 0.931. The number of fused-ring (bicyclic) bond motifs is 1. The first-order valence-corrected chi connectivity index (χ1v) is 7.29. The third-order valence-corrected chi connectivity index (χ3v) is 3.89. The van der Waals surface area contributed by atoms with Gasteiger partial charge in [-0.05, 0) is 44.5 Å². The monoisotopic (exact) mass is 286 g/mol. The van der Waals surface area contributed by atoms with Crippen molar-refractivity contribution in [2.75, 3.05) is 26.7 Å². The molecule has 0 saturated carbocycles. The third-order valence-electron chi connectivity index (χ3n) is 3.89.